The maximum absolute atomic E-state index is 12.2. The summed E-state index contributed by atoms with van der Waals surface area (Å²) >= 11 is 3.24. The molecule has 0 atom stereocenters. The number of carbonyl (C=O) groups is 1. The number of rotatable bonds is 7. The molecule has 0 amide bonds. The summed E-state index contributed by atoms with van der Waals surface area (Å²) in [5.41, 5.74) is 5.66. The van der Waals surface area contributed by atoms with Crippen molar-refractivity contribution >= 4 is 48.8 Å². The van der Waals surface area contributed by atoms with Gasteiger partial charge in [-0.05, 0) is 0 Å². The molecule has 0 saturated heterocycles. The molecule has 35 heavy (non-hydrogen) atoms. The van der Waals surface area contributed by atoms with E-state index in [1.54, 1.807) is 0 Å². The number of para-hydroxylation sites is 1. The number of aryl methyl sites for hydroxylation is 1. The first-order valence-electron chi connectivity index (χ1n) is 12.9. The summed E-state index contributed by atoms with van der Waals surface area (Å²) in [5.74, 6) is 0.604. The molecule has 0 aliphatic heterocycles. The number of fused-ring (bicyclic) bond motifs is 2. The standard InChI is InChI=1S/C28H33N4O2Se/c1-3-4-9-17-31-24-16-15-19(27(33)34-2)18-23(24)29-26(31)21-13-10-14-22-25(21)32(28(35)30-22)20-11-7-5-6-8-12-20/h10,13-16,18,20H,3-9,11-12,17H2,1-2H3. The average molecular weight is 537 g/mol. The van der Waals surface area contributed by atoms with Crippen molar-refractivity contribution < 1.29 is 9.53 Å². The molecule has 183 valence electrons. The van der Waals surface area contributed by atoms with Gasteiger partial charge in [-0.3, -0.25) is 0 Å². The van der Waals surface area contributed by atoms with Gasteiger partial charge in [-0.1, -0.05) is 0 Å². The minimum absolute atomic E-state index is 0.339. The summed E-state index contributed by atoms with van der Waals surface area (Å²) in [6.07, 6.45) is 10.9. The number of hydrogen-bond donors (Lipinski definition) is 0. The molecule has 2 aromatic heterocycles. The van der Waals surface area contributed by atoms with Crippen LogP contribution in [0.4, 0.5) is 0 Å². The van der Waals surface area contributed by atoms with Crippen LogP contribution in [0.15, 0.2) is 36.4 Å². The number of aromatic nitrogens is 4. The molecule has 1 aliphatic rings. The fourth-order valence-corrected chi connectivity index (χ4v) is 6.20. The van der Waals surface area contributed by atoms with Gasteiger partial charge in [0.1, 0.15) is 0 Å². The number of carbonyl (C=O) groups excluding carboxylic acids is 1. The minimum atomic E-state index is -0.339. The number of ether oxygens (including phenoxy) is 1. The second kappa shape index (κ2) is 10.5. The van der Waals surface area contributed by atoms with Crippen molar-refractivity contribution in [2.75, 3.05) is 7.11 Å². The van der Waals surface area contributed by atoms with Crippen LogP contribution in [0.1, 0.15) is 81.1 Å². The molecule has 2 aromatic carbocycles. The second-order valence-corrected chi connectivity index (χ2v) is 10.3. The summed E-state index contributed by atoms with van der Waals surface area (Å²) in [7, 11) is 1.41. The van der Waals surface area contributed by atoms with Gasteiger partial charge in [-0.25, -0.2) is 0 Å². The van der Waals surface area contributed by atoms with Crippen LogP contribution in [0.3, 0.4) is 0 Å². The molecule has 0 bridgehead atoms. The Hall–Kier alpha value is -2.63. The van der Waals surface area contributed by atoms with Gasteiger partial charge in [0.05, 0.1) is 0 Å². The van der Waals surface area contributed by atoms with Gasteiger partial charge < -0.3 is 0 Å². The van der Waals surface area contributed by atoms with Crippen molar-refractivity contribution in [1.82, 2.24) is 19.1 Å². The van der Waals surface area contributed by atoms with Gasteiger partial charge in [0, 0.05) is 0 Å². The first-order chi connectivity index (χ1) is 17.1. The fourth-order valence-electron chi connectivity index (χ4n) is 5.49. The monoisotopic (exact) mass is 537 g/mol. The van der Waals surface area contributed by atoms with Crippen molar-refractivity contribution in [3.63, 3.8) is 0 Å². The molecule has 6 nitrogen and oxygen atoms in total. The summed E-state index contributed by atoms with van der Waals surface area (Å²) in [6, 6.07) is 12.5. The van der Waals surface area contributed by atoms with Crippen LogP contribution < -0.4 is 4.72 Å². The van der Waals surface area contributed by atoms with E-state index in [0.29, 0.717) is 11.6 Å². The van der Waals surface area contributed by atoms with Gasteiger partial charge in [-0.2, -0.15) is 0 Å². The first kappa shape index (κ1) is 24.1. The van der Waals surface area contributed by atoms with E-state index in [-0.39, 0.29) is 5.97 Å². The van der Waals surface area contributed by atoms with Crippen LogP contribution in [0, 0.1) is 0 Å². The molecule has 0 N–H and O–H groups in total. The molecule has 0 unspecified atom stereocenters. The molecule has 0 spiro atoms. The normalized spacial score (nSPS) is 15.0. The van der Waals surface area contributed by atoms with Crippen molar-refractivity contribution in [3.05, 3.63) is 42.0 Å². The molecule has 5 rings (SSSR count). The van der Waals surface area contributed by atoms with Gasteiger partial charge in [0.15, 0.2) is 0 Å². The Kier molecular flexibility index (Phi) is 7.26. The molecular formula is C28H33N4O2Se. The Morgan fingerprint density at radius 1 is 1.06 bits per heavy atom. The zero-order valence-corrected chi connectivity index (χ0v) is 22.3. The van der Waals surface area contributed by atoms with E-state index in [2.05, 4.69) is 50.3 Å². The summed E-state index contributed by atoms with van der Waals surface area (Å²) < 4.78 is 10.7. The molecular weight excluding hydrogens is 503 g/mol. The Labute approximate surface area is 214 Å². The molecule has 1 radical (unpaired) electrons. The predicted octanol–water partition coefficient (Wildman–Crippen LogP) is 5.72. The number of nitrogens with zero attached hydrogens (tertiary/aromatic N) is 4. The third kappa shape index (κ3) is 4.64. The predicted molar refractivity (Wildman–Crippen MR) is 141 cm³/mol. The van der Waals surface area contributed by atoms with E-state index in [0.717, 1.165) is 64.0 Å². The van der Waals surface area contributed by atoms with Crippen molar-refractivity contribution in [1.29, 1.82) is 0 Å². The van der Waals surface area contributed by atoms with E-state index >= 15 is 0 Å². The number of unbranched alkanes of at least 4 members (excludes halogenated alkanes) is 2. The maximum atomic E-state index is 12.2. The number of esters is 1. The number of benzene rings is 2. The van der Waals surface area contributed by atoms with Crippen LogP contribution in [0.2, 0.25) is 0 Å². The zero-order chi connectivity index (χ0) is 24.4. The van der Waals surface area contributed by atoms with E-state index in [1.807, 2.05) is 18.2 Å². The molecule has 7 heteroatoms. The summed E-state index contributed by atoms with van der Waals surface area (Å²) in [6.45, 7) is 3.11. The third-order valence-corrected chi connectivity index (χ3v) is 7.87. The van der Waals surface area contributed by atoms with Crippen LogP contribution >= 0.6 is 0 Å². The zero-order valence-electron chi connectivity index (χ0n) is 20.6. The topological polar surface area (TPSA) is 61.9 Å². The Bertz CT molecular complexity index is 1350. The van der Waals surface area contributed by atoms with E-state index in [1.165, 1.54) is 45.6 Å². The summed E-state index contributed by atoms with van der Waals surface area (Å²) in [5, 5.41) is 0. The Morgan fingerprint density at radius 3 is 2.60 bits per heavy atom. The van der Waals surface area contributed by atoms with Crippen LogP contribution in [-0.4, -0.2) is 48.2 Å². The Morgan fingerprint density at radius 2 is 1.86 bits per heavy atom. The fraction of sp³-hybridized carbons (Fsp3) is 0.464. The van der Waals surface area contributed by atoms with Gasteiger partial charge in [0.2, 0.25) is 0 Å². The number of hydrogen-bond acceptors (Lipinski definition) is 4. The van der Waals surface area contributed by atoms with Gasteiger partial charge >= 0.3 is 215 Å². The second-order valence-electron chi connectivity index (χ2n) is 9.57. The molecule has 4 aromatic rings. The van der Waals surface area contributed by atoms with Crippen molar-refractivity contribution in [2.24, 2.45) is 0 Å². The number of imidazole rings is 2. The molecule has 2 heterocycles. The molecule has 1 saturated carbocycles. The average Bonchev–Trinajstić information content (AvgIpc) is 3.27. The first-order valence-corrected chi connectivity index (χ1v) is 13.7. The summed E-state index contributed by atoms with van der Waals surface area (Å²) in [4.78, 5) is 22.2. The van der Waals surface area contributed by atoms with Crippen LogP contribution in [-0.2, 0) is 11.3 Å². The SMILES string of the molecule is CCCCCn1c(-c2cccc3nc([Se])n(C4CCCCCC4)c23)nc2cc(C(=O)OC)ccc21. The van der Waals surface area contributed by atoms with Crippen molar-refractivity contribution in [3.8, 4) is 11.4 Å². The molecule has 1 aliphatic carbocycles. The number of methoxy groups -OCH3 is 1. The van der Waals surface area contributed by atoms with Gasteiger partial charge in [-0.15, -0.1) is 0 Å². The van der Waals surface area contributed by atoms with E-state index < -0.39 is 0 Å². The van der Waals surface area contributed by atoms with E-state index in [4.69, 9.17) is 14.7 Å². The van der Waals surface area contributed by atoms with Crippen molar-refractivity contribution in [2.45, 2.75) is 77.3 Å². The third-order valence-electron chi connectivity index (χ3n) is 7.26. The van der Waals surface area contributed by atoms with Crippen LogP contribution in [0.5, 0.6) is 0 Å². The molecule has 1 fully saturated rings. The van der Waals surface area contributed by atoms with Crippen LogP contribution in [0.25, 0.3) is 33.5 Å². The van der Waals surface area contributed by atoms with E-state index in [9.17, 15) is 4.79 Å². The quantitative estimate of drug-likeness (QED) is 0.131. The van der Waals surface area contributed by atoms with Gasteiger partial charge in [0.25, 0.3) is 0 Å². The Balaban J connectivity index is 1.71.